The molecule has 2 aliphatic rings. The average molecular weight is 389 g/mol. The minimum absolute atomic E-state index is 0.0416. The molecule has 2 aromatic rings. The van der Waals surface area contributed by atoms with Crippen LogP contribution in [-0.4, -0.2) is 64.9 Å². The lowest BCUT2D eigenvalue weighted by molar-refractivity contribution is 0.0339. The number of aryl methyl sites for hydroxylation is 3. The first kappa shape index (κ1) is 18.7. The number of piperazine rings is 1. The van der Waals surface area contributed by atoms with Gasteiger partial charge in [-0.05, 0) is 37.5 Å². The maximum absolute atomic E-state index is 12.4. The molecule has 146 valence electrons. The molecular formula is C20H28N4O2S. The second-order valence-electron chi connectivity index (χ2n) is 8.07. The van der Waals surface area contributed by atoms with E-state index in [1.807, 2.05) is 6.20 Å². The molecule has 0 radical (unpaired) electrons. The quantitative estimate of drug-likeness (QED) is 0.865. The lowest BCUT2D eigenvalue weighted by Gasteiger charge is -2.44. The van der Waals surface area contributed by atoms with Gasteiger partial charge in [-0.1, -0.05) is 17.7 Å². The van der Waals surface area contributed by atoms with Gasteiger partial charge in [0.05, 0.1) is 18.1 Å². The summed E-state index contributed by atoms with van der Waals surface area (Å²) in [4.78, 5) is 12.1. The Hall–Kier alpha value is -1.70. The van der Waals surface area contributed by atoms with Gasteiger partial charge in [0.25, 0.3) is 0 Å². The highest BCUT2D eigenvalue weighted by Gasteiger charge is 2.46. The van der Waals surface area contributed by atoms with Crippen LogP contribution >= 0.6 is 0 Å². The Kier molecular flexibility index (Phi) is 4.86. The number of hydrogen-bond acceptors (Lipinski definition) is 5. The summed E-state index contributed by atoms with van der Waals surface area (Å²) in [5.41, 5.74) is 5.20. The minimum atomic E-state index is -3.01. The zero-order valence-electron chi connectivity index (χ0n) is 16.3. The molecule has 1 N–H and O–H groups in total. The van der Waals surface area contributed by atoms with Crippen molar-refractivity contribution in [3.05, 3.63) is 52.6 Å². The predicted octanol–water partition coefficient (Wildman–Crippen LogP) is 1.82. The Morgan fingerprint density at radius 2 is 1.63 bits per heavy atom. The van der Waals surface area contributed by atoms with E-state index in [-0.39, 0.29) is 23.6 Å². The highest BCUT2D eigenvalue weighted by Crippen LogP contribution is 2.30. The molecule has 0 bridgehead atoms. The van der Waals surface area contributed by atoms with Crippen molar-refractivity contribution in [2.45, 2.75) is 45.9 Å². The van der Waals surface area contributed by atoms with Gasteiger partial charge in [0.2, 0.25) is 0 Å². The number of nitrogens with one attached hydrogen (secondary N) is 1. The number of nitrogens with zero attached hydrogens (tertiary/aromatic N) is 3. The topological polar surface area (TPSA) is 69.3 Å². The van der Waals surface area contributed by atoms with Crippen LogP contribution in [0.4, 0.5) is 0 Å². The molecule has 0 amide bonds. The number of H-pyrrole nitrogens is 1. The molecule has 4 rings (SSSR count). The van der Waals surface area contributed by atoms with Gasteiger partial charge in [0, 0.05) is 44.1 Å². The average Bonchev–Trinajstić information content (AvgIpc) is 3.19. The zero-order chi connectivity index (χ0) is 19.2. The van der Waals surface area contributed by atoms with Crippen molar-refractivity contribution in [3.8, 4) is 0 Å². The summed E-state index contributed by atoms with van der Waals surface area (Å²) in [6.07, 6.45) is 3.56. The molecule has 0 saturated carbocycles. The van der Waals surface area contributed by atoms with Crippen LogP contribution in [0.1, 0.15) is 28.1 Å². The van der Waals surface area contributed by atoms with Crippen LogP contribution in [-0.2, 0) is 22.9 Å². The summed E-state index contributed by atoms with van der Waals surface area (Å²) >= 11 is 0. The van der Waals surface area contributed by atoms with Crippen molar-refractivity contribution in [3.63, 3.8) is 0 Å². The smallest absolute Gasteiger partial charge is 0.153 e. The van der Waals surface area contributed by atoms with Crippen LogP contribution in [0, 0.1) is 20.8 Å². The van der Waals surface area contributed by atoms with Crippen molar-refractivity contribution in [2.24, 2.45) is 0 Å². The van der Waals surface area contributed by atoms with Crippen LogP contribution in [0.25, 0.3) is 0 Å². The van der Waals surface area contributed by atoms with E-state index in [0.717, 1.165) is 25.5 Å². The third-order valence-corrected chi connectivity index (χ3v) is 7.71. The maximum atomic E-state index is 12.4. The van der Waals surface area contributed by atoms with Gasteiger partial charge in [0.1, 0.15) is 5.82 Å². The first-order valence-electron chi connectivity index (χ1n) is 9.56. The van der Waals surface area contributed by atoms with E-state index in [2.05, 4.69) is 52.7 Å². The third-order valence-electron chi connectivity index (χ3n) is 6.02. The van der Waals surface area contributed by atoms with E-state index in [1.54, 1.807) is 6.20 Å². The van der Waals surface area contributed by atoms with Crippen LogP contribution in [0.5, 0.6) is 0 Å². The second kappa shape index (κ2) is 7.04. The molecule has 2 saturated heterocycles. The standard InChI is InChI=1S/C20H28N4O2S/c1-14-8-15(2)17(16(3)9-14)10-23-6-7-24(11-20-21-4-5-22-20)19-13-27(25,26)12-18(19)23/h4-5,8-9,18-19H,6-7,10-13H2,1-3H3,(H,21,22)/t18-,19+/m1/s1. The summed E-state index contributed by atoms with van der Waals surface area (Å²) < 4.78 is 24.9. The summed E-state index contributed by atoms with van der Waals surface area (Å²) in [5, 5.41) is 0. The third kappa shape index (κ3) is 3.81. The number of imidazole rings is 1. The van der Waals surface area contributed by atoms with Gasteiger partial charge in [0.15, 0.2) is 9.84 Å². The van der Waals surface area contributed by atoms with Crippen molar-refractivity contribution < 1.29 is 8.42 Å². The molecule has 2 aliphatic heterocycles. The minimum Gasteiger partial charge on any atom is -0.348 e. The van der Waals surface area contributed by atoms with Crippen molar-refractivity contribution in [1.82, 2.24) is 19.8 Å². The van der Waals surface area contributed by atoms with Gasteiger partial charge >= 0.3 is 0 Å². The summed E-state index contributed by atoms with van der Waals surface area (Å²) in [6.45, 7) is 9.68. The Balaban J connectivity index is 1.57. The number of hydrogen-bond donors (Lipinski definition) is 1. The van der Waals surface area contributed by atoms with Gasteiger partial charge in [-0.15, -0.1) is 0 Å². The SMILES string of the molecule is Cc1cc(C)c(CN2CCN(Cc3ncc[nH]3)[C@H]3CS(=O)(=O)C[C@H]32)c(C)c1. The van der Waals surface area contributed by atoms with Gasteiger partial charge < -0.3 is 4.98 Å². The highest BCUT2D eigenvalue weighted by atomic mass is 32.2. The van der Waals surface area contributed by atoms with Crippen molar-refractivity contribution >= 4 is 9.84 Å². The number of rotatable bonds is 4. The van der Waals surface area contributed by atoms with E-state index < -0.39 is 9.84 Å². The van der Waals surface area contributed by atoms with Gasteiger partial charge in [-0.25, -0.2) is 13.4 Å². The van der Waals surface area contributed by atoms with E-state index in [1.165, 1.54) is 22.3 Å². The molecule has 6 nitrogen and oxygen atoms in total. The summed E-state index contributed by atoms with van der Waals surface area (Å²) in [5.74, 6) is 1.41. The fraction of sp³-hybridized carbons (Fsp3) is 0.550. The fourth-order valence-electron chi connectivity index (χ4n) is 4.73. The van der Waals surface area contributed by atoms with Crippen LogP contribution < -0.4 is 0 Å². The molecule has 0 unspecified atom stereocenters. The molecule has 2 atom stereocenters. The number of aromatic amines is 1. The largest absolute Gasteiger partial charge is 0.348 e. The Bertz CT molecular complexity index is 900. The molecule has 27 heavy (non-hydrogen) atoms. The summed E-state index contributed by atoms with van der Waals surface area (Å²) in [6, 6.07) is 4.54. The Labute approximate surface area is 161 Å². The monoisotopic (exact) mass is 388 g/mol. The number of benzene rings is 1. The van der Waals surface area contributed by atoms with Crippen LogP contribution in [0.3, 0.4) is 0 Å². The lowest BCUT2D eigenvalue weighted by Crippen LogP contribution is -2.58. The van der Waals surface area contributed by atoms with E-state index in [9.17, 15) is 8.42 Å². The van der Waals surface area contributed by atoms with E-state index in [4.69, 9.17) is 0 Å². The normalized spacial score (nSPS) is 25.6. The molecule has 0 aliphatic carbocycles. The fourth-order valence-corrected chi connectivity index (χ4v) is 6.77. The van der Waals surface area contributed by atoms with Crippen molar-refractivity contribution in [2.75, 3.05) is 24.6 Å². The predicted molar refractivity (Wildman–Crippen MR) is 106 cm³/mol. The van der Waals surface area contributed by atoms with E-state index in [0.29, 0.717) is 6.54 Å². The molecule has 2 fully saturated rings. The second-order valence-corrected chi connectivity index (χ2v) is 10.2. The maximum Gasteiger partial charge on any atom is 0.153 e. The van der Waals surface area contributed by atoms with E-state index >= 15 is 0 Å². The van der Waals surface area contributed by atoms with Crippen molar-refractivity contribution in [1.29, 1.82) is 0 Å². The zero-order valence-corrected chi connectivity index (χ0v) is 17.1. The highest BCUT2D eigenvalue weighted by molar-refractivity contribution is 7.91. The Morgan fingerprint density at radius 3 is 2.19 bits per heavy atom. The summed E-state index contributed by atoms with van der Waals surface area (Å²) in [7, 11) is -3.01. The number of aromatic nitrogens is 2. The molecule has 3 heterocycles. The molecule has 1 aromatic carbocycles. The number of fused-ring (bicyclic) bond motifs is 1. The van der Waals surface area contributed by atoms with Crippen LogP contribution in [0.15, 0.2) is 24.5 Å². The first-order valence-corrected chi connectivity index (χ1v) is 11.4. The lowest BCUT2D eigenvalue weighted by atomic mass is 9.97. The molecule has 7 heteroatoms. The van der Waals surface area contributed by atoms with Gasteiger partial charge in [-0.2, -0.15) is 0 Å². The Morgan fingerprint density at radius 1 is 1.04 bits per heavy atom. The molecule has 0 spiro atoms. The first-order chi connectivity index (χ1) is 12.8. The molecular weight excluding hydrogens is 360 g/mol. The van der Waals surface area contributed by atoms with Crippen LogP contribution in [0.2, 0.25) is 0 Å². The number of sulfone groups is 1. The molecule has 1 aromatic heterocycles. The van der Waals surface area contributed by atoms with Gasteiger partial charge in [-0.3, -0.25) is 9.80 Å².